The highest BCUT2D eigenvalue weighted by Gasteiger charge is 2.31. The lowest BCUT2D eigenvalue weighted by Gasteiger charge is -2.26. The minimum Gasteiger partial charge on any atom is -0.508 e. The molecule has 0 aliphatic heterocycles. The summed E-state index contributed by atoms with van der Waals surface area (Å²) in [6.07, 6.45) is 2.03. The van der Waals surface area contributed by atoms with Crippen molar-refractivity contribution in [3.63, 3.8) is 0 Å². The standard InChI is InChI=1S/C20H19ClN2O3/c1-2-13(20(22)26)17(11-5-3-6-12(24)9-11)15-10-16(21)14-7-4-8-23-18(14)19(15)25/h3-10,13,17,24-25H,2H2,1H3,(H2,22,26). The molecule has 6 heteroatoms. The van der Waals surface area contributed by atoms with Gasteiger partial charge in [-0.15, -0.1) is 0 Å². The molecule has 134 valence electrons. The number of nitrogens with zero attached hydrogens (tertiary/aromatic N) is 1. The smallest absolute Gasteiger partial charge is 0.221 e. The average molecular weight is 371 g/mol. The number of carbonyl (C=O) groups excluding carboxylic acids is 1. The zero-order chi connectivity index (χ0) is 18.8. The number of carbonyl (C=O) groups is 1. The second-order valence-electron chi connectivity index (χ2n) is 6.19. The van der Waals surface area contributed by atoms with Crippen LogP contribution in [0.25, 0.3) is 10.9 Å². The van der Waals surface area contributed by atoms with E-state index in [4.69, 9.17) is 17.3 Å². The van der Waals surface area contributed by atoms with Crippen LogP contribution in [0.1, 0.15) is 30.4 Å². The van der Waals surface area contributed by atoms with E-state index in [0.717, 1.165) is 0 Å². The van der Waals surface area contributed by atoms with E-state index in [1.165, 1.54) is 0 Å². The Bertz CT molecular complexity index is 974. The summed E-state index contributed by atoms with van der Waals surface area (Å²) in [5, 5.41) is 21.8. The highest BCUT2D eigenvalue weighted by atomic mass is 35.5. The van der Waals surface area contributed by atoms with Gasteiger partial charge < -0.3 is 15.9 Å². The van der Waals surface area contributed by atoms with E-state index in [-0.39, 0.29) is 11.5 Å². The summed E-state index contributed by atoms with van der Waals surface area (Å²) in [6.45, 7) is 1.85. The molecule has 0 bridgehead atoms. The average Bonchev–Trinajstić information content (AvgIpc) is 2.62. The van der Waals surface area contributed by atoms with Crippen LogP contribution in [0.15, 0.2) is 48.7 Å². The molecule has 26 heavy (non-hydrogen) atoms. The van der Waals surface area contributed by atoms with E-state index < -0.39 is 17.7 Å². The van der Waals surface area contributed by atoms with Gasteiger partial charge in [0, 0.05) is 29.0 Å². The Hall–Kier alpha value is -2.79. The number of fused-ring (bicyclic) bond motifs is 1. The number of hydrogen-bond donors (Lipinski definition) is 3. The molecule has 5 nitrogen and oxygen atoms in total. The normalized spacial score (nSPS) is 13.5. The summed E-state index contributed by atoms with van der Waals surface area (Å²) in [4.78, 5) is 16.3. The number of amides is 1. The lowest BCUT2D eigenvalue weighted by atomic mass is 9.78. The molecule has 1 aromatic heterocycles. The van der Waals surface area contributed by atoms with Crippen LogP contribution in [0.4, 0.5) is 0 Å². The predicted molar refractivity (Wildman–Crippen MR) is 101 cm³/mol. The molecule has 0 aliphatic carbocycles. The Labute approximate surface area is 156 Å². The summed E-state index contributed by atoms with van der Waals surface area (Å²) >= 11 is 6.41. The van der Waals surface area contributed by atoms with Gasteiger partial charge in [0.25, 0.3) is 0 Å². The molecule has 3 rings (SSSR count). The van der Waals surface area contributed by atoms with Crippen LogP contribution in [0.2, 0.25) is 5.02 Å². The molecular formula is C20H19ClN2O3. The largest absolute Gasteiger partial charge is 0.508 e. The summed E-state index contributed by atoms with van der Waals surface area (Å²) in [5.74, 6) is -1.61. The summed E-state index contributed by atoms with van der Waals surface area (Å²) < 4.78 is 0. The molecule has 3 aromatic rings. The molecule has 0 saturated heterocycles. The summed E-state index contributed by atoms with van der Waals surface area (Å²) in [6, 6.07) is 11.7. The maximum absolute atomic E-state index is 12.1. The van der Waals surface area contributed by atoms with Gasteiger partial charge in [-0.25, -0.2) is 0 Å². The highest BCUT2D eigenvalue weighted by Crippen LogP contribution is 2.43. The van der Waals surface area contributed by atoms with Gasteiger partial charge in [0.05, 0.1) is 5.02 Å². The monoisotopic (exact) mass is 370 g/mol. The van der Waals surface area contributed by atoms with Crippen molar-refractivity contribution in [3.05, 3.63) is 64.8 Å². The van der Waals surface area contributed by atoms with Gasteiger partial charge in [0.15, 0.2) is 0 Å². The van der Waals surface area contributed by atoms with Crippen molar-refractivity contribution in [2.45, 2.75) is 19.3 Å². The Morgan fingerprint density at radius 2 is 2.00 bits per heavy atom. The maximum atomic E-state index is 12.1. The Morgan fingerprint density at radius 1 is 1.23 bits per heavy atom. The van der Waals surface area contributed by atoms with E-state index in [0.29, 0.717) is 33.5 Å². The number of aromatic hydroxyl groups is 2. The number of aromatic nitrogens is 1. The number of phenols is 2. The first-order valence-electron chi connectivity index (χ1n) is 8.28. The lowest BCUT2D eigenvalue weighted by molar-refractivity contribution is -0.122. The Morgan fingerprint density at radius 3 is 2.65 bits per heavy atom. The second kappa shape index (κ2) is 7.22. The molecule has 0 aliphatic rings. The number of halogens is 1. The van der Waals surface area contributed by atoms with Crippen LogP contribution in [0, 0.1) is 5.92 Å². The highest BCUT2D eigenvalue weighted by molar-refractivity contribution is 6.35. The SMILES string of the molecule is CCC(C(N)=O)C(c1cccc(O)c1)c1cc(Cl)c2cccnc2c1O. The van der Waals surface area contributed by atoms with Gasteiger partial charge in [-0.2, -0.15) is 0 Å². The van der Waals surface area contributed by atoms with Crippen LogP contribution >= 0.6 is 11.6 Å². The molecule has 0 fully saturated rings. The molecule has 4 N–H and O–H groups in total. The number of hydrogen-bond acceptors (Lipinski definition) is 4. The van der Waals surface area contributed by atoms with Crippen molar-refractivity contribution in [3.8, 4) is 11.5 Å². The Balaban J connectivity index is 2.30. The van der Waals surface area contributed by atoms with E-state index in [9.17, 15) is 15.0 Å². The number of nitrogens with two attached hydrogens (primary N) is 1. The number of pyridine rings is 1. The van der Waals surface area contributed by atoms with Crippen molar-refractivity contribution >= 4 is 28.4 Å². The van der Waals surface area contributed by atoms with Crippen LogP contribution in [-0.2, 0) is 4.79 Å². The number of primary amides is 1. The molecule has 2 unspecified atom stereocenters. The molecule has 0 saturated carbocycles. The zero-order valence-electron chi connectivity index (χ0n) is 14.2. The molecule has 1 heterocycles. The van der Waals surface area contributed by atoms with E-state index in [1.807, 2.05) is 6.92 Å². The van der Waals surface area contributed by atoms with Gasteiger partial charge >= 0.3 is 0 Å². The molecular weight excluding hydrogens is 352 g/mol. The first kappa shape index (κ1) is 18.0. The first-order valence-corrected chi connectivity index (χ1v) is 8.66. The van der Waals surface area contributed by atoms with Crippen molar-refractivity contribution in [2.24, 2.45) is 11.7 Å². The van der Waals surface area contributed by atoms with E-state index in [2.05, 4.69) is 4.98 Å². The number of phenolic OH excluding ortho intramolecular Hbond substituents is 2. The molecule has 0 spiro atoms. The maximum Gasteiger partial charge on any atom is 0.221 e. The molecule has 0 radical (unpaired) electrons. The second-order valence-corrected chi connectivity index (χ2v) is 6.59. The van der Waals surface area contributed by atoms with Crippen LogP contribution < -0.4 is 5.73 Å². The van der Waals surface area contributed by atoms with Crippen molar-refractivity contribution < 1.29 is 15.0 Å². The van der Waals surface area contributed by atoms with Crippen LogP contribution in [-0.4, -0.2) is 21.1 Å². The fourth-order valence-corrected chi connectivity index (χ4v) is 3.66. The van der Waals surface area contributed by atoms with Gasteiger partial charge in [-0.05, 0) is 42.3 Å². The van der Waals surface area contributed by atoms with Gasteiger partial charge in [0.2, 0.25) is 5.91 Å². The minimum atomic E-state index is -0.583. The topological polar surface area (TPSA) is 96.4 Å². The Kier molecular flexibility index (Phi) is 5.00. The molecule has 1 amide bonds. The number of benzene rings is 2. The molecule has 2 atom stereocenters. The first-order chi connectivity index (χ1) is 12.4. The van der Waals surface area contributed by atoms with Crippen molar-refractivity contribution in [2.75, 3.05) is 0 Å². The van der Waals surface area contributed by atoms with E-state index >= 15 is 0 Å². The fraction of sp³-hybridized carbons (Fsp3) is 0.200. The third-order valence-corrected chi connectivity index (χ3v) is 4.93. The number of rotatable bonds is 5. The summed E-state index contributed by atoms with van der Waals surface area (Å²) in [5.41, 5.74) is 7.11. The predicted octanol–water partition coefficient (Wildman–Crippen LogP) is 3.94. The van der Waals surface area contributed by atoms with Crippen LogP contribution in [0.5, 0.6) is 11.5 Å². The quantitative estimate of drug-likeness (QED) is 0.633. The third kappa shape index (κ3) is 3.18. The van der Waals surface area contributed by atoms with Gasteiger partial charge in [0.1, 0.15) is 17.0 Å². The van der Waals surface area contributed by atoms with Gasteiger partial charge in [-0.1, -0.05) is 30.7 Å². The molecule has 2 aromatic carbocycles. The van der Waals surface area contributed by atoms with Gasteiger partial charge in [-0.3, -0.25) is 9.78 Å². The minimum absolute atomic E-state index is 0.0435. The summed E-state index contributed by atoms with van der Waals surface area (Å²) in [7, 11) is 0. The third-order valence-electron chi connectivity index (χ3n) is 4.62. The lowest BCUT2D eigenvalue weighted by Crippen LogP contribution is -2.29. The van der Waals surface area contributed by atoms with Crippen LogP contribution in [0.3, 0.4) is 0 Å². The zero-order valence-corrected chi connectivity index (χ0v) is 14.9. The van der Waals surface area contributed by atoms with Crippen molar-refractivity contribution in [1.29, 1.82) is 0 Å². The fourth-order valence-electron chi connectivity index (χ4n) is 3.39. The van der Waals surface area contributed by atoms with E-state index in [1.54, 1.807) is 48.7 Å². The van der Waals surface area contributed by atoms with Crippen molar-refractivity contribution in [1.82, 2.24) is 4.98 Å².